The smallest absolute Gasteiger partial charge is 0.238 e. The molecule has 0 aromatic carbocycles. The number of rotatable bonds is 4. The van der Waals surface area contributed by atoms with Crippen molar-refractivity contribution >= 4 is 23.7 Å². The van der Waals surface area contributed by atoms with Crippen LogP contribution in [0.2, 0.25) is 0 Å². The first-order chi connectivity index (χ1) is 9.33. The Morgan fingerprint density at radius 3 is 2.70 bits per heavy atom. The maximum atomic E-state index is 9.90. The zero-order valence-corrected chi connectivity index (χ0v) is 13.0. The van der Waals surface area contributed by atoms with Gasteiger partial charge in [0.05, 0.1) is 12.1 Å². The Morgan fingerprint density at radius 1 is 1.20 bits per heavy atom. The molecule has 0 saturated carbocycles. The maximum absolute atomic E-state index is 9.90. The fraction of sp³-hybridized carbons (Fsp3) is 0.500. The summed E-state index contributed by atoms with van der Waals surface area (Å²) in [6.07, 6.45) is 5.93. The minimum Gasteiger partial charge on any atom is -0.492 e. The van der Waals surface area contributed by atoms with E-state index in [4.69, 9.17) is 0 Å². The van der Waals surface area contributed by atoms with Crippen LogP contribution in [-0.2, 0) is 6.54 Å². The molecule has 20 heavy (non-hydrogen) atoms. The summed E-state index contributed by atoms with van der Waals surface area (Å²) in [5.74, 6) is 0.136. The summed E-state index contributed by atoms with van der Waals surface area (Å²) in [7, 11) is 0. The van der Waals surface area contributed by atoms with Crippen molar-refractivity contribution in [1.82, 2.24) is 14.7 Å². The molecule has 6 heteroatoms. The third-order valence-corrected chi connectivity index (χ3v) is 4.35. The Labute approximate surface area is 129 Å². The van der Waals surface area contributed by atoms with E-state index in [9.17, 15) is 5.11 Å². The van der Waals surface area contributed by atoms with E-state index in [-0.39, 0.29) is 18.3 Å². The Kier molecular flexibility index (Phi) is 5.46. The Hall–Kier alpha value is -1.04. The predicted octanol–water partition coefficient (Wildman–Crippen LogP) is 3.22. The molecule has 1 fully saturated rings. The first-order valence-electron chi connectivity index (χ1n) is 6.84. The first kappa shape index (κ1) is 15.4. The van der Waals surface area contributed by atoms with Gasteiger partial charge in [-0.2, -0.15) is 11.3 Å². The molecule has 0 unspecified atom stereocenters. The van der Waals surface area contributed by atoms with E-state index in [2.05, 4.69) is 10.00 Å². The van der Waals surface area contributed by atoms with Crippen LogP contribution in [0.4, 0.5) is 0 Å². The number of hydrogen-bond donors (Lipinski definition) is 1. The maximum Gasteiger partial charge on any atom is 0.238 e. The number of nitrogens with zero attached hydrogens (tertiary/aromatic N) is 3. The fourth-order valence-electron chi connectivity index (χ4n) is 2.57. The molecule has 1 aliphatic heterocycles. The zero-order chi connectivity index (χ0) is 13.1. The highest BCUT2D eigenvalue weighted by Gasteiger charge is 2.13. The SMILES string of the molecule is Cl.Oc1nn(CCN2CCCCC2)cc1-c1ccsc1. The van der Waals surface area contributed by atoms with Gasteiger partial charge < -0.3 is 10.0 Å². The van der Waals surface area contributed by atoms with E-state index in [0.29, 0.717) is 0 Å². The number of likely N-dealkylation sites (tertiary alicyclic amines) is 1. The van der Waals surface area contributed by atoms with Crippen LogP contribution in [0.5, 0.6) is 5.88 Å². The molecule has 2 aromatic heterocycles. The molecule has 1 aliphatic rings. The fourth-order valence-corrected chi connectivity index (χ4v) is 3.23. The summed E-state index contributed by atoms with van der Waals surface area (Å²) >= 11 is 1.63. The van der Waals surface area contributed by atoms with Crippen LogP contribution >= 0.6 is 23.7 Å². The lowest BCUT2D eigenvalue weighted by molar-refractivity contribution is 0.217. The highest BCUT2D eigenvalue weighted by atomic mass is 35.5. The number of halogens is 1. The monoisotopic (exact) mass is 313 g/mol. The Bertz CT molecular complexity index is 521. The molecule has 3 heterocycles. The number of aromatic nitrogens is 2. The lowest BCUT2D eigenvalue weighted by atomic mass is 10.1. The quantitative estimate of drug-likeness (QED) is 0.942. The summed E-state index contributed by atoms with van der Waals surface area (Å²) < 4.78 is 1.86. The number of thiophene rings is 1. The first-order valence-corrected chi connectivity index (χ1v) is 7.78. The number of piperidine rings is 1. The van der Waals surface area contributed by atoms with Crippen LogP contribution in [0.25, 0.3) is 11.1 Å². The molecular weight excluding hydrogens is 294 g/mol. The van der Waals surface area contributed by atoms with Crippen LogP contribution < -0.4 is 0 Å². The molecule has 1 N–H and O–H groups in total. The van der Waals surface area contributed by atoms with Crippen molar-refractivity contribution in [3.05, 3.63) is 23.0 Å². The van der Waals surface area contributed by atoms with Gasteiger partial charge in [0.15, 0.2) is 0 Å². The Balaban J connectivity index is 0.00000147. The second kappa shape index (κ2) is 7.11. The summed E-state index contributed by atoms with van der Waals surface area (Å²) in [6, 6.07) is 2.01. The molecule has 110 valence electrons. The molecule has 3 rings (SSSR count). The van der Waals surface area contributed by atoms with Gasteiger partial charge in [0, 0.05) is 12.7 Å². The third-order valence-electron chi connectivity index (χ3n) is 3.67. The lowest BCUT2D eigenvalue weighted by Crippen LogP contribution is -2.32. The molecule has 0 spiro atoms. The van der Waals surface area contributed by atoms with Crippen LogP contribution in [0, 0.1) is 0 Å². The second-order valence-corrected chi connectivity index (χ2v) is 5.82. The summed E-state index contributed by atoms with van der Waals surface area (Å²) in [4.78, 5) is 2.48. The minimum atomic E-state index is 0. The number of hydrogen-bond acceptors (Lipinski definition) is 4. The van der Waals surface area contributed by atoms with Crippen molar-refractivity contribution < 1.29 is 5.11 Å². The third kappa shape index (κ3) is 3.53. The molecule has 0 aliphatic carbocycles. The standard InChI is InChI=1S/C14H19N3OS.ClH/c18-14-13(12-4-9-19-11-12)10-17(15-14)8-7-16-5-2-1-3-6-16;/h4,9-11H,1-3,5-8H2,(H,15,18);1H. The molecule has 0 atom stereocenters. The van der Waals surface area contributed by atoms with Crippen molar-refractivity contribution in [2.24, 2.45) is 0 Å². The molecule has 2 aromatic rings. The van der Waals surface area contributed by atoms with Crippen molar-refractivity contribution in [3.63, 3.8) is 0 Å². The van der Waals surface area contributed by atoms with Crippen LogP contribution in [0.15, 0.2) is 23.0 Å². The number of aromatic hydroxyl groups is 1. The topological polar surface area (TPSA) is 41.3 Å². The van der Waals surface area contributed by atoms with E-state index in [1.807, 2.05) is 27.7 Å². The van der Waals surface area contributed by atoms with E-state index >= 15 is 0 Å². The molecule has 4 nitrogen and oxygen atoms in total. The van der Waals surface area contributed by atoms with Gasteiger partial charge in [-0.3, -0.25) is 4.68 Å². The van der Waals surface area contributed by atoms with Gasteiger partial charge in [-0.05, 0) is 48.3 Å². The predicted molar refractivity (Wildman–Crippen MR) is 84.7 cm³/mol. The van der Waals surface area contributed by atoms with Crippen LogP contribution in [0.3, 0.4) is 0 Å². The van der Waals surface area contributed by atoms with Crippen LogP contribution in [-0.4, -0.2) is 39.4 Å². The second-order valence-electron chi connectivity index (χ2n) is 5.04. The molecule has 0 bridgehead atoms. The van der Waals surface area contributed by atoms with Gasteiger partial charge >= 0.3 is 0 Å². The minimum absolute atomic E-state index is 0. The van der Waals surface area contributed by atoms with E-state index < -0.39 is 0 Å². The van der Waals surface area contributed by atoms with Crippen molar-refractivity contribution in [3.8, 4) is 17.0 Å². The Morgan fingerprint density at radius 2 is 2.00 bits per heavy atom. The lowest BCUT2D eigenvalue weighted by Gasteiger charge is -2.26. The van der Waals surface area contributed by atoms with Gasteiger partial charge in [0.1, 0.15) is 0 Å². The average Bonchev–Trinajstić information content (AvgIpc) is 3.07. The van der Waals surface area contributed by atoms with Crippen molar-refractivity contribution in [2.75, 3.05) is 19.6 Å². The summed E-state index contributed by atoms with van der Waals surface area (Å²) in [5, 5.41) is 18.1. The van der Waals surface area contributed by atoms with Gasteiger partial charge in [-0.15, -0.1) is 17.5 Å². The van der Waals surface area contributed by atoms with Gasteiger partial charge in [0.25, 0.3) is 0 Å². The normalized spacial score (nSPS) is 16.0. The van der Waals surface area contributed by atoms with Crippen molar-refractivity contribution in [1.29, 1.82) is 0 Å². The highest BCUT2D eigenvalue weighted by molar-refractivity contribution is 7.08. The van der Waals surface area contributed by atoms with E-state index in [0.717, 1.165) is 24.2 Å². The van der Waals surface area contributed by atoms with Crippen molar-refractivity contribution in [2.45, 2.75) is 25.8 Å². The summed E-state index contributed by atoms with van der Waals surface area (Å²) in [5.41, 5.74) is 1.88. The highest BCUT2D eigenvalue weighted by Crippen LogP contribution is 2.29. The molecule has 0 amide bonds. The van der Waals surface area contributed by atoms with Gasteiger partial charge in [-0.1, -0.05) is 6.42 Å². The molecule has 0 radical (unpaired) electrons. The van der Waals surface area contributed by atoms with Crippen LogP contribution in [0.1, 0.15) is 19.3 Å². The zero-order valence-electron chi connectivity index (χ0n) is 11.4. The molecule has 1 saturated heterocycles. The average molecular weight is 314 g/mol. The molecular formula is C14H20ClN3OS. The van der Waals surface area contributed by atoms with Gasteiger partial charge in [0.2, 0.25) is 5.88 Å². The van der Waals surface area contributed by atoms with E-state index in [1.54, 1.807) is 11.3 Å². The van der Waals surface area contributed by atoms with E-state index in [1.165, 1.54) is 32.4 Å². The van der Waals surface area contributed by atoms with Gasteiger partial charge in [-0.25, -0.2) is 0 Å². The summed E-state index contributed by atoms with van der Waals surface area (Å²) in [6.45, 7) is 4.26. The largest absolute Gasteiger partial charge is 0.492 e.